The fourth-order valence-corrected chi connectivity index (χ4v) is 4.12. The number of para-hydroxylation sites is 1. The van der Waals surface area contributed by atoms with Crippen LogP contribution in [0.2, 0.25) is 0 Å². The van der Waals surface area contributed by atoms with E-state index in [1.165, 1.54) is 41.0 Å². The van der Waals surface area contributed by atoms with Gasteiger partial charge in [0.1, 0.15) is 0 Å². The fraction of sp³-hybridized carbons (Fsp3) is 0.231. The van der Waals surface area contributed by atoms with E-state index in [9.17, 15) is 4.79 Å². The molecule has 5 heteroatoms. The average molecular weight is 609 g/mol. The summed E-state index contributed by atoms with van der Waals surface area (Å²) in [6.45, 7) is 9.52. The predicted molar refractivity (Wildman–Crippen MR) is 127 cm³/mol. The van der Waals surface area contributed by atoms with Crippen LogP contribution in [0, 0.1) is 6.07 Å². The molecule has 4 rings (SSSR count). The summed E-state index contributed by atoms with van der Waals surface area (Å²) in [6, 6.07) is 20.4. The Balaban J connectivity index is 0.000000373. The number of rotatable bonds is 2. The van der Waals surface area contributed by atoms with Crippen molar-refractivity contribution in [3.63, 3.8) is 0 Å². The van der Waals surface area contributed by atoms with Gasteiger partial charge in [-0.05, 0) is 41.8 Å². The molecule has 0 saturated carbocycles. The van der Waals surface area contributed by atoms with Gasteiger partial charge in [0.25, 0.3) is 0 Å². The molecule has 31 heavy (non-hydrogen) atoms. The molecule has 2 heterocycles. The first-order valence-corrected chi connectivity index (χ1v) is 10.7. The van der Waals surface area contributed by atoms with E-state index in [-0.39, 0.29) is 37.1 Å². The van der Waals surface area contributed by atoms with Crippen LogP contribution in [0.5, 0.6) is 0 Å². The zero-order valence-electron chi connectivity index (χ0n) is 18.3. The number of aromatic nitrogens is 1. The first-order chi connectivity index (χ1) is 14.2. The predicted octanol–water partition coefficient (Wildman–Crippen LogP) is 7.25. The quantitative estimate of drug-likeness (QED) is 0.148. The van der Waals surface area contributed by atoms with Crippen molar-refractivity contribution in [2.75, 3.05) is 0 Å². The molecule has 0 aliphatic rings. The molecule has 0 amide bonds. The summed E-state index contributed by atoms with van der Waals surface area (Å²) in [5, 5.41) is 13.0. The minimum atomic E-state index is -0.125. The number of pyridine rings is 1. The van der Waals surface area contributed by atoms with Crippen molar-refractivity contribution in [1.29, 1.82) is 0 Å². The van der Waals surface area contributed by atoms with E-state index in [4.69, 9.17) is 10.1 Å². The summed E-state index contributed by atoms with van der Waals surface area (Å²) in [7, 11) is 0. The normalized spacial score (nSPS) is 11.6. The Morgan fingerprint density at radius 1 is 1.06 bits per heavy atom. The second kappa shape index (κ2) is 10.3. The average Bonchev–Trinajstić information content (AvgIpc) is 3.16. The van der Waals surface area contributed by atoms with Crippen LogP contribution in [0.15, 0.2) is 65.7 Å². The molecule has 1 radical (unpaired) electrons. The minimum absolute atomic E-state index is 0. The van der Waals surface area contributed by atoms with Crippen molar-refractivity contribution in [2.45, 2.75) is 40.0 Å². The molecule has 0 saturated heterocycles. The second-order valence-corrected chi connectivity index (χ2v) is 9.19. The molecule has 4 aromatic rings. The van der Waals surface area contributed by atoms with Crippen molar-refractivity contribution in [1.82, 2.24) is 4.98 Å². The number of benzene rings is 2. The largest absolute Gasteiger partial charge is 0.512 e. The molecule has 163 valence electrons. The molecule has 0 aliphatic heterocycles. The Labute approximate surface area is 201 Å². The first-order valence-electron chi connectivity index (χ1n) is 9.83. The molecule has 3 nitrogen and oxygen atoms in total. The van der Waals surface area contributed by atoms with Gasteiger partial charge in [-0.3, -0.25) is 9.78 Å². The van der Waals surface area contributed by atoms with Gasteiger partial charge in [0.2, 0.25) is 0 Å². The van der Waals surface area contributed by atoms with E-state index in [1.807, 2.05) is 6.07 Å². The number of hydrogen-bond acceptors (Lipinski definition) is 4. The van der Waals surface area contributed by atoms with E-state index < -0.39 is 0 Å². The fourth-order valence-electron chi connectivity index (χ4n) is 3.19. The van der Waals surface area contributed by atoms with Crippen LogP contribution < -0.4 is 0 Å². The number of nitrogens with zero attached hydrogens (tertiary/aromatic N) is 1. The van der Waals surface area contributed by atoms with Gasteiger partial charge >= 0.3 is 0 Å². The van der Waals surface area contributed by atoms with E-state index >= 15 is 0 Å². The maximum atomic E-state index is 10.0. The third-order valence-corrected chi connectivity index (χ3v) is 5.59. The number of fused-ring (bicyclic) bond motifs is 3. The third kappa shape index (κ3) is 6.10. The van der Waals surface area contributed by atoms with Gasteiger partial charge in [0, 0.05) is 36.3 Å². The van der Waals surface area contributed by atoms with Gasteiger partial charge in [-0.25, -0.2) is 0 Å². The summed E-state index contributed by atoms with van der Waals surface area (Å²) in [4.78, 5) is 14.9. The van der Waals surface area contributed by atoms with Crippen LogP contribution >= 0.6 is 11.3 Å². The zero-order chi connectivity index (χ0) is 21.9. The summed E-state index contributed by atoms with van der Waals surface area (Å²) < 4.78 is 1.30. The van der Waals surface area contributed by atoms with Gasteiger partial charge in [0.15, 0.2) is 5.78 Å². The van der Waals surface area contributed by atoms with Crippen LogP contribution in [0.3, 0.4) is 0 Å². The number of ketones is 1. The van der Waals surface area contributed by atoms with Gasteiger partial charge in [0.05, 0.1) is 11.3 Å². The molecule has 0 aliphatic carbocycles. The second-order valence-electron chi connectivity index (χ2n) is 8.28. The summed E-state index contributed by atoms with van der Waals surface area (Å²) in [5.74, 6) is -0.0625. The molecular formula is C26H26IrNO2S-. The Morgan fingerprint density at radius 2 is 1.77 bits per heavy atom. The number of allylic oxidation sites excluding steroid dienone is 2. The van der Waals surface area contributed by atoms with Gasteiger partial charge in [-0.15, -0.1) is 46.7 Å². The number of thiophene rings is 1. The molecule has 0 bridgehead atoms. The van der Waals surface area contributed by atoms with Crippen molar-refractivity contribution in [3.05, 3.63) is 77.4 Å². The van der Waals surface area contributed by atoms with Crippen LogP contribution in [-0.4, -0.2) is 15.9 Å². The number of aliphatic hydroxyl groups is 1. The molecule has 0 atom stereocenters. The van der Waals surface area contributed by atoms with Gasteiger partial charge in [-0.1, -0.05) is 45.0 Å². The van der Waals surface area contributed by atoms with Crippen LogP contribution in [-0.2, 0) is 30.3 Å². The third-order valence-electron chi connectivity index (χ3n) is 4.65. The Morgan fingerprint density at radius 3 is 2.32 bits per heavy atom. The van der Waals surface area contributed by atoms with Crippen LogP contribution in [0.4, 0.5) is 0 Å². The summed E-state index contributed by atoms with van der Waals surface area (Å²) in [5.41, 5.74) is 4.57. The van der Waals surface area contributed by atoms with Crippen LogP contribution in [0.25, 0.3) is 32.2 Å². The number of carbonyl (C=O) groups excluding carboxylic acids is 1. The topological polar surface area (TPSA) is 50.2 Å². The Kier molecular flexibility index (Phi) is 8.30. The van der Waals surface area contributed by atoms with Gasteiger partial charge < -0.3 is 5.11 Å². The minimum Gasteiger partial charge on any atom is -0.512 e. The van der Waals surface area contributed by atoms with E-state index in [0.717, 1.165) is 16.8 Å². The molecule has 0 fully saturated rings. The molecule has 0 spiro atoms. The first kappa shape index (κ1) is 24.9. The van der Waals surface area contributed by atoms with Crippen molar-refractivity contribution >= 4 is 38.1 Å². The summed E-state index contributed by atoms with van der Waals surface area (Å²) in [6.07, 6.45) is 1.17. The van der Waals surface area contributed by atoms with E-state index in [0.29, 0.717) is 0 Å². The number of hydrogen-bond donors (Lipinski definition) is 1. The molecule has 1 N–H and O–H groups in total. The van der Waals surface area contributed by atoms with Crippen molar-refractivity contribution in [2.24, 2.45) is 0 Å². The van der Waals surface area contributed by atoms with Crippen molar-refractivity contribution < 1.29 is 30.0 Å². The standard InChI is InChI=1S/C21H18NS.C5H8O2.Ir/c1-21(2,3)15-10-8-14(9-11-15)19-17-12-13-23-20(17)16-6-4-5-7-18(16)22-19;1-4(6)3-5(2)7;/h4-8,10-13H,1-3H3;3,6H,1-2H3;/q-1;;. The SMILES string of the molecule is CC(=O)C=C(C)O.CC(C)(C)c1c[c-]c(-c2nc3ccccc3c3sccc23)cc1.[Ir]. The summed E-state index contributed by atoms with van der Waals surface area (Å²) >= 11 is 1.78. The molecular weight excluding hydrogens is 583 g/mol. The smallest absolute Gasteiger partial charge is 0.155 e. The maximum absolute atomic E-state index is 10.0. The molecule has 2 aromatic heterocycles. The van der Waals surface area contributed by atoms with Crippen molar-refractivity contribution in [3.8, 4) is 11.3 Å². The Bertz CT molecular complexity index is 1210. The number of aliphatic hydroxyl groups excluding tert-OH is 1. The zero-order valence-corrected chi connectivity index (χ0v) is 21.5. The van der Waals surface area contributed by atoms with Gasteiger partial charge in [-0.2, -0.15) is 0 Å². The Hall–Kier alpha value is -2.33. The van der Waals surface area contributed by atoms with E-state index in [2.05, 4.69) is 74.7 Å². The number of carbonyl (C=O) groups is 1. The maximum Gasteiger partial charge on any atom is 0.155 e. The van der Waals surface area contributed by atoms with E-state index in [1.54, 1.807) is 11.3 Å². The monoisotopic (exact) mass is 609 g/mol. The molecule has 0 unspecified atom stereocenters. The molecule has 2 aromatic carbocycles. The van der Waals surface area contributed by atoms with Crippen LogP contribution in [0.1, 0.15) is 40.2 Å².